The summed E-state index contributed by atoms with van der Waals surface area (Å²) in [4.78, 5) is 13.7. The van der Waals surface area contributed by atoms with Crippen LogP contribution in [0.15, 0.2) is 36.6 Å². The molecule has 7 nitrogen and oxygen atoms in total. The predicted molar refractivity (Wildman–Crippen MR) is 90.8 cm³/mol. The molecule has 0 bridgehead atoms. The summed E-state index contributed by atoms with van der Waals surface area (Å²) in [6.45, 7) is 6.67. The lowest BCUT2D eigenvalue weighted by molar-refractivity contribution is -0.141. The maximum Gasteiger partial charge on any atom is 0.320 e. The Balaban J connectivity index is 0.000000515. The van der Waals surface area contributed by atoms with E-state index >= 15 is 0 Å². The lowest BCUT2D eigenvalue weighted by Gasteiger charge is -2.21. The third-order valence-corrected chi connectivity index (χ3v) is 4.06. The Morgan fingerprint density at radius 2 is 2.13 bits per heavy atom. The number of carboxylic acid groups (broad SMARTS) is 1. The normalized spacial score (nSPS) is 15.5. The number of aliphatic carboxylic acids is 1. The van der Waals surface area contributed by atoms with Crippen molar-refractivity contribution < 1.29 is 22.9 Å². The van der Waals surface area contributed by atoms with Gasteiger partial charge in [0.2, 0.25) is 0 Å². The Morgan fingerprint density at radius 1 is 1.52 bits per heavy atom. The summed E-state index contributed by atoms with van der Waals surface area (Å²) in [5, 5.41) is 8.31. The lowest BCUT2D eigenvalue weighted by atomic mass is 10.2. The second-order valence-electron chi connectivity index (χ2n) is 5.34. The molecular formula is C15H26N2O5S. The molecule has 0 radical (unpaired) electrons. The lowest BCUT2D eigenvalue weighted by Crippen LogP contribution is -2.32. The van der Waals surface area contributed by atoms with Crippen molar-refractivity contribution >= 4 is 16.1 Å². The Bertz CT molecular complexity index is 552. The number of carbonyl (C=O) groups is 1. The van der Waals surface area contributed by atoms with Crippen molar-refractivity contribution in [3.8, 4) is 0 Å². The summed E-state index contributed by atoms with van der Waals surface area (Å²) in [7, 11) is -0.353. The molecule has 0 saturated carbocycles. The van der Waals surface area contributed by atoms with Crippen LogP contribution in [0.3, 0.4) is 0 Å². The zero-order valence-corrected chi connectivity index (χ0v) is 14.7. The summed E-state index contributed by atoms with van der Waals surface area (Å²) in [6.07, 6.45) is 8.04. The van der Waals surface area contributed by atoms with Gasteiger partial charge in [-0.3, -0.25) is 14.2 Å². The van der Waals surface area contributed by atoms with Gasteiger partial charge < -0.3 is 10.0 Å². The van der Waals surface area contributed by atoms with E-state index < -0.39 is 16.1 Å². The minimum absolute atomic E-state index is 0.185. The zero-order valence-electron chi connectivity index (χ0n) is 13.8. The number of likely N-dealkylation sites (N-methyl/N-ethyl adjacent to an activating group) is 1. The van der Waals surface area contributed by atoms with E-state index in [9.17, 15) is 13.2 Å². The number of hydrogen-bond donors (Lipinski definition) is 2. The molecule has 8 heteroatoms. The predicted octanol–water partition coefficient (Wildman–Crippen LogP) is 1.23. The number of rotatable bonds is 7. The van der Waals surface area contributed by atoms with Crippen LogP contribution in [-0.2, 0) is 14.9 Å². The zero-order chi connectivity index (χ0) is 18.0. The van der Waals surface area contributed by atoms with Gasteiger partial charge in [0.15, 0.2) is 0 Å². The van der Waals surface area contributed by atoms with Crippen molar-refractivity contribution in [2.75, 3.05) is 32.9 Å². The molecule has 1 aliphatic rings. The monoisotopic (exact) mass is 346 g/mol. The fraction of sp³-hybridized carbons (Fsp3) is 0.533. The number of nitrogens with zero attached hydrogens (tertiary/aromatic N) is 2. The first-order chi connectivity index (χ1) is 10.6. The first-order valence-corrected chi connectivity index (χ1v) is 8.77. The van der Waals surface area contributed by atoms with Gasteiger partial charge in [0.25, 0.3) is 10.1 Å². The highest BCUT2D eigenvalue weighted by Crippen LogP contribution is 2.08. The molecular weight excluding hydrogens is 320 g/mol. The van der Waals surface area contributed by atoms with Crippen LogP contribution >= 0.6 is 0 Å². The Morgan fingerprint density at radius 3 is 2.43 bits per heavy atom. The van der Waals surface area contributed by atoms with Gasteiger partial charge in [-0.1, -0.05) is 18.7 Å². The first-order valence-electron chi connectivity index (χ1n) is 7.16. The minimum atomic E-state index is -3.82. The number of allylic oxidation sites excluding steroid dienone is 3. The topological polar surface area (TPSA) is 98.2 Å². The van der Waals surface area contributed by atoms with Gasteiger partial charge in [-0.05, 0) is 45.3 Å². The van der Waals surface area contributed by atoms with E-state index in [-0.39, 0.29) is 11.8 Å². The first kappa shape index (κ1) is 21.4. The smallest absolute Gasteiger partial charge is 0.320 e. The third-order valence-electron chi connectivity index (χ3n) is 3.25. The largest absolute Gasteiger partial charge is 0.480 e. The Hall–Kier alpha value is -1.64. The standard InChI is InChI=1S/C10H15NO3S.C5H11NO2/c1-2-10-4-7-11(8-5-10)6-3-9-15(12,13)14;1-4(5(7)8)6(2)3/h2,4-5,7H,1,3,6,8-9H2,(H,12,13,14);4H,1-3H3,(H,7,8). The molecule has 132 valence electrons. The van der Waals surface area contributed by atoms with Gasteiger partial charge in [0, 0.05) is 13.1 Å². The molecule has 0 fully saturated rings. The Labute approximate surface area is 138 Å². The second kappa shape index (κ2) is 10.2. The average Bonchev–Trinajstić information content (AvgIpc) is 2.46. The van der Waals surface area contributed by atoms with Crippen molar-refractivity contribution in [2.45, 2.75) is 19.4 Å². The van der Waals surface area contributed by atoms with Gasteiger partial charge in [-0.25, -0.2) is 0 Å². The summed E-state index contributed by atoms with van der Waals surface area (Å²) in [6, 6.07) is -0.380. The average molecular weight is 346 g/mol. The quantitative estimate of drug-likeness (QED) is 0.669. The van der Waals surface area contributed by atoms with Gasteiger partial charge >= 0.3 is 5.97 Å². The van der Waals surface area contributed by atoms with E-state index in [1.54, 1.807) is 32.0 Å². The van der Waals surface area contributed by atoms with Crippen LogP contribution < -0.4 is 0 Å². The van der Waals surface area contributed by atoms with Crippen LogP contribution in [0, 0.1) is 0 Å². The van der Waals surface area contributed by atoms with Crippen LogP contribution in [0.2, 0.25) is 0 Å². The fourth-order valence-electron chi connectivity index (χ4n) is 1.53. The molecule has 23 heavy (non-hydrogen) atoms. The van der Waals surface area contributed by atoms with E-state index in [2.05, 4.69) is 6.58 Å². The van der Waals surface area contributed by atoms with Crippen molar-refractivity contribution in [3.05, 3.63) is 36.6 Å². The van der Waals surface area contributed by atoms with Gasteiger partial charge in [-0.2, -0.15) is 8.42 Å². The highest BCUT2D eigenvalue weighted by molar-refractivity contribution is 7.85. The molecule has 2 N–H and O–H groups in total. The molecule has 0 aromatic carbocycles. The van der Waals surface area contributed by atoms with Crippen molar-refractivity contribution in [1.82, 2.24) is 9.80 Å². The van der Waals surface area contributed by atoms with Gasteiger partial charge in [-0.15, -0.1) is 0 Å². The van der Waals surface area contributed by atoms with Crippen molar-refractivity contribution in [3.63, 3.8) is 0 Å². The molecule has 1 rings (SSSR count). The fourth-order valence-corrected chi connectivity index (χ4v) is 2.03. The second-order valence-corrected chi connectivity index (χ2v) is 6.91. The molecule has 0 spiro atoms. The minimum Gasteiger partial charge on any atom is -0.480 e. The van der Waals surface area contributed by atoms with Gasteiger partial charge in [0.1, 0.15) is 6.04 Å². The molecule has 1 aliphatic heterocycles. The summed E-state index contributed by atoms with van der Waals surface area (Å²) >= 11 is 0. The SMILES string of the molecule is C=CC1=CCN(CCCS(=O)(=O)O)C=C1.CC(C(=O)O)N(C)C. The van der Waals surface area contributed by atoms with E-state index in [0.29, 0.717) is 13.0 Å². The highest BCUT2D eigenvalue weighted by atomic mass is 32.2. The van der Waals surface area contributed by atoms with E-state index in [0.717, 1.165) is 12.1 Å². The van der Waals surface area contributed by atoms with Crippen LogP contribution in [0.25, 0.3) is 0 Å². The van der Waals surface area contributed by atoms with E-state index in [4.69, 9.17) is 9.66 Å². The van der Waals surface area contributed by atoms with Crippen LogP contribution in [-0.4, -0.2) is 72.8 Å². The van der Waals surface area contributed by atoms with E-state index in [1.807, 2.05) is 23.3 Å². The summed E-state index contributed by atoms with van der Waals surface area (Å²) < 4.78 is 29.5. The molecule has 0 aliphatic carbocycles. The molecule has 1 unspecified atom stereocenters. The maximum absolute atomic E-state index is 10.5. The molecule has 0 saturated heterocycles. The molecule has 0 amide bonds. The third kappa shape index (κ3) is 10.7. The maximum atomic E-state index is 10.5. The molecule has 0 aromatic heterocycles. The molecule has 1 atom stereocenters. The Kier molecular flexibility index (Phi) is 9.47. The van der Waals surface area contributed by atoms with Crippen molar-refractivity contribution in [1.29, 1.82) is 0 Å². The highest BCUT2D eigenvalue weighted by Gasteiger charge is 2.11. The summed E-state index contributed by atoms with van der Waals surface area (Å²) in [5.41, 5.74) is 1.07. The number of hydrogen-bond acceptors (Lipinski definition) is 5. The van der Waals surface area contributed by atoms with Crippen molar-refractivity contribution in [2.24, 2.45) is 0 Å². The summed E-state index contributed by atoms with van der Waals surface area (Å²) in [5.74, 6) is -0.968. The van der Waals surface area contributed by atoms with Crippen LogP contribution in [0.1, 0.15) is 13.3 Å². The van der Waals surface area contributed by atoms with Crippen LogP contribution in [0.4, 0.5) is 0 Å². The van der Waals surface area contributed by atoms with Gasteiger partial charge in [0.05, 0.1) is 5.75 Å². The van der Waals surface area contributed by atoms with Crippen LogP contribution in [0.5, 0.6) is 0 Å². The number of carboxylic acids is 1. The molecule has 0 aromatic rings. The molecule has 1 heterocycles. The van der Waals surface area contributed by atoms with E-state index in [1.165, 1.54) is 0 Å².